The first kappa shape index (κ1) is 17.3. The van der Waals surface area contributed by atoms with E-state index in [9.17, 15) is 0 Å². The third kappa shape index (κ3) is 8.06. The molecule has 0 fully saturated rings. The average molecular weight is 293 g/mol. The summed E-state index contributed by atoms with van der Waals surface area (Å²) < 4.78 is 18.5. The largest absolute Gasteiger partial charge is 0.483 e. The molecule has 0 saturated heterocycles. The Morgan fingerprint density at radius 3 is 1.59 bits per heavy atom. The van der Waals surface area contributed by atoms with Crippen LogP contribution in [-0.2, 0) is 12.7 Å². The molecule has 17 heavy (non-hydrogen) atoms. The van der Waals surface area contributed by atoms with Gasteiger partial charge in [-0.2, -0.15) is 0 Å². The lowest BCUT2D eigenvalue weighted by molar-refractivity contribution is 0.172. The van der Waals surface area contributed by atoms with Gasteiger partial charge >= 0.3 is 8.80 Å². The standard InChI is InChI=1S/C11H28O3Si3/c1-9-11-17(12-10-2,13-15(3,4)5)14-16(6,7)8/h9H,1,10-11H2,2-8H3. The minimum atomic E-state index is -2.56. The summed E-state index contributed by atoms with van der Waals surface area (Å²) in [5, 5.41) is 0. The highest BCUT2D eigenvalue weighted by molar-refractivity contribution is 6.85. The Morgan fingerprint density at radius 1 is 0.941 bits per heavy atom. The molecule has 0 atom stereocenters. The zero-order chi connectivity index (χ0) is 13.7. The smallest absolute Gasteiger partial charge is 0.416 e. The summed E-state index contributed by atoms with van der Waals surface area (Å²) in [6, 6.07) is 0.704. The van der Waals surface area contributed by atoms with Gasteiger partial charge in [-0.3, -0.25) is 0 Å². The topological polar surface area (TPSA) is 27.7 Å². The second-order valence-corrected chi connectivity index (χ2v) is 18.2. The first-order valence-electron chi connectivity index (χ1n) is 6.19. The molecule has 6 heteroatoms. The van der Waals surface area contributed by atoms with Gasteiger partial charge in [-0.15, -0.1) is 6.58 Å². The molecule has 0 rings (SSSR count). The van der Waals surface area contributed by atoms with Gasteiger partial charge in [0, 0.05) is 12.7 Å². The fraction of sp³-hybridized carbons (Fsp3) is 0.818. The van der Waals surface area contributed by atoms with Crippen molar-refractivity contribution in [2.24, 2.45) is 0 Å². The molecular weight excluding hydrogens is 264 g/mol. The molecule has 3 nitrogen and oxygen atoms in total. The summed E-state index contributed by atoms with van der Waals surface area (Å²) in [7, 11) is -5.92. The molecule has 0 amide bonds. The SMILES string of the molecule is C=CC[Si](OCC)(O[Si](C)(C)C)O[Si](C)(C)C. The van der Waals surface area contributed by atoms with Gasteiger partial charge in [-0.25, -0.2) is 0 Å². The van der Waals surface area contributed by atoms with Crippen LogP contribution in [0.3, 0.4) is 0 Å². The molecule has 0 aliphatic heterocycles. The highest BCUT2D eigenvalue weighted by Gasteiger charge is 2.46. The fourth-order valence-corrected chi connectivity index (χ4v) is 11.6. The van der Waals surface area contributed by atoms with Crippen molar-refractivity contribution in [3.8, 4) is 0 Å². The van der Waals surface area contributed by atoms with Crippen LogP contribution in [0.25, 0.3) is 0 Å². The van der Waals surface area contributed by atoms with Crippen molar-refractivity contribution in [3.63, 3.8) is 0 Å². The zero-order valence-corrected chi connectivity index (χ0v) is 15.4. The number of hydrogen-bond acceptors (Lipinski definition) is 3. The van der Waals surface area contributed by atoms with E-state index in [-0.39, 0.29) is 0 Å². The Kier molecular flexibility index (Phi) is 6.54. The fourth-order valence-electron chi connectivity index (χ4n) is 1.55. The lowest BCUT2D eigenvalue weighted by atomic mass is 10.8. The van der Waals surface area contributed by atoms with E-state index in [4.69, 9.17) is 12.7 Å². The minimum absolute atomic E-state index is 0.634. The second-order valence-electron chi connectivity index (χ2n) is 6.04. The summed E-state index contributed by atoms with van der Waals surface area (Å²) >= 11 is 0. The Labute approximate surface area is 110 Å². The van der Waals surface area contributed by atoms with Crippen LogP contribution >= 0.6 is 0 Å². The molecule has 0 N–H and O–H groups in total. The first-order valence-corrected chi connectivity index (χ1v) is 14.9. The number of allylic oxidation sites excluding steroid dienone is 1. The zero-order valence-electron chi connectivity index (χ0n) is 12.4. The monoisotopic (exact) mass is 292 g/mol. The van der Waals surface area contributed by atoms with Crippen molar-refractivity contribution in [1.29, 1.82) is 0 Å². The van der Waals surface area contributed by atoms with E-state index >= 15 is 0 Å². The van der Waals surface area contributed by atoms with Gasteiger partial charge in [-0.05, 0) is 46.2 Å². The van der Waals surface area contributed by atoms with E-state index in [0.717, 1.165) is 0 Å². The Balaban J connectivity index is 5.04. The van der Waals surface area contributed by atoms with E-state index in [0.29, 0.717) is 12.7 Å². The van der Waals surface area contributed by atoms with Crippen molar-refractivity contribution in [2.45, 2.75) is 52.2 Å². The maximum atomic E-state index is 6.28. The van der Waals surface area contributed by atoms with Crippen molar-refractivity contribution in [1.82, 2.24) is 0 Å². The molecule has 0 aliphatic carbocycles. The molecule has 0 aromatic carbocycles. The lowest BCUT2D eigenvalue weighted by Crippen LogP contribution is -2.56. The molecule has 0 aliphatic rings. The number of rotatable bonds is 8. The van der Waals surface area contributed by atoms with Crippen LogP contribution in [0.2, 0.25) is 45.3 Å². The van der Waals surface area contributed by atoms with Gasteiger partial charge in [0.25, 0.3) is 0 Å². The highest BCUT2D eigenvalue weighted by Crippen LogP contribution is 2.25. The normalized spacial score (nSPS) is 13.8. The van der Waals surface area contributed by atoms with Crippen molar-refractivity contribution in [2.75, 3.05) is 6.61 Å². The Morgan fingerprint density at radius 2 is 1.35 bits per heavy atom. The molecule has 0 bridgehead atoms. The maximum absolute atomic E-state index is 6.28. The van der Waals surface area contributed by atoms with Crippen LogP contribution in [-0.4, -0.2) is 32.0 Å². The van der Waals surface area contributed by atoms with Crippen LogP contribution < -0.4 is 0 Å². The average Bonchev–Trinajstić information content (AvgIpc) is 1.96. The predicted molar refractivity (Wildman–Crippen MR) is 81.2 cm³/mol. The summed E-state index contributed by atoms with van der Waals surface area (Å²) in [6.45, 7) is 19.5. The van der Waals surface area contributed by atoms with Crippen LogP contribution in [0.15, 0.2) is 12.7 Å². The van der Waals surface area contributed by atoms with Crippen molar-refractivity contribution in [3.05, 3.63) is 12.7 Å². The molecule has 102 valence electrons. The van der Waals surface area contributed by atoms with Crippen LogP contribution in [0, 0.1) is 0 Å². The van der Waals surface area contributed by atoms with Gasteiger partial charge < -0.3 is 12.7 Å². The molecular formula is C11H28O3Si3. The number of hydrogen-bond donors (Lipinski definition) is 0. The van der Waals surface area contributed by atoms with E-state index in [2.05, 4.69) is 45.9 Å². The van der Waals surface area contributed by atoms with Gasteiger partial charge in [0.2, 0.25) is 0 Å². The van der Waals surface area contributed by atoms with Gasteiger partial charge in [0.15, 0.2) is 16.6 Å². The van der Waals surface area contributed by atoms with E-state index in [1.54, 1.807) is 0 Å². The molecule has 0 spiro atoms. The van der Waals surface area contributed by atoms with Crippen molar-refractivity contribution < 1.29 is 12.7 Å². The molecule has 0 aromatic heterocycles. The molecule has 0 unspecified atom stereocenters. The van der Waals surface area contributed by atoms with Crippen LogP contribution in [0.1, 0.15) is 6.92 Å². The minimum Gasteiger partial charge on any atom is -0.416 e. The molecule has 0 saturated carbocycles. The first-order chi connectivity index (χ1) is 7.54. The van der Waals surface area contributed by atoms with E-state index < -0.39 is 25.4 Å². The van der Waals surface area contributed by atoms with E-state index in [1.165, 1.54) is 0 Å². The molecule has 0 heterocycles. The Bertz CT molecular complexity index is 227. The van der Waals surface area contributed by atoms with E-state index in [1.807, 2.05) is 13.0 Å². The summed E-state index contributed by atoms with van der Waals surface area (Å²) in [5.74, 6) is 0. The molecule has 0 aromatic rings. The predicted octanol–water partition coefficient (Wildman–Crippen LogP) is 3.85. The lowest BCUT2D eigenvalue weighted by Gasteiger charge is -2.38. The van der Waals surface area contributed by atoms with Crippen LogP contribution in [0.5, 0.6) is 0 Å². The highest BCUT2D eigenvalue weighted by atomic mass is 28.5. The van der Waals surface area contributed by atoms with Crippen LogP contribution in [0.4, 0.5) is 0 Å². The van der Waals surface area contributed by atoms with Gasteiger partial charge in [0.05, 0.1) is 0 Å². The summed E-state index contributed by atoms with van der Waals surface area (Å²) in [4.78, 5) is 0. The molecule has 0 radical (unpaired) electrons. The van der Waals surface area contributed by atoms with Crippen molar-refractivity contribution >= 4 is 25.4 Å². The van der Waals surface area contributed by atoms with Gasteiger partial charge in [0.1, 0.15) is 0 Å². The quantitative estimate of drug-likeness (QED) is 0.502. The Hall–Kier alpha value is 0.271. The maximum Gasteiger partial charge on any atom is 0.483 e. The third-order valence-electron chi connectivity index (χ3n) is 1.68. The third-order valence-corrected chi connectivity index (χ3v) is 10.6. The second kappa shape index (κ2) is 6.44. The summed E-state index contributed by atoms with van der Waals surface area (Å²) in [5.41, 5.74) is 0. The van der Waals surface area contributed by atoms with Gasteiger partial charge in [-0.1, -0.05) is 6.08 Å². The summed E-state index contributed by atoms with van der Waals surface area (Å²) in [6.07, 6.45) is 1.86.